The molecule has 0 aromatic heterocycles. The summed E-state index contributed by atoms with van der Waals surface area (Å²) in [5.74, 6) is 0. The van der Waals surface area contributed by atoms with Crippen molar-refractivity contribution in [2.45, 2.75) is 20.0 Å². The molecule has 0 spiro atoms. The summed E-state index contributed by atoms with van der Waals surface area (Å²) in [6.07, 6.45) is 0. The molecule has 0 saturated carbocycles. The minimum Gasteiger partial charge on any atom is -0.433 e. The van der Waals surface area contributed by atoms with Crippen molar-refractivity contribution in [2.75, 3.05) is 7.11 Å². The van der Waals surface area contributed by atoms with Gasteiger partial charge in [-0.1, -0.05) is 24.3 Å². The van der Waals surface area contributed by atoms with Crippen LogP contribution in [0.3, 0.4) is 0 Å². The van der Waals surface area contributed by atoms with Gasteiger partial charge in [0.2, 0.25) is 9.76 Å². The maximum Gasteiger partial charge on any atom is 0.358 e. The molecule has 14 heavy (non-hydrogen) atoms. The van der Waals surface area contributed by atoms with Crippen LogP contribution in [0.25, 0.3) is 0 Å². The van der Waals surface area contributed by atoms with Crippen LogP contribution in [0, 0.1) is 6.92 Å². The van der Waals surface area contributed by atoms with E-state index in [0.717, 1.165) is 0 Å². The Labute approximate surface area is 89.4 Å². The van der Waals surface area contributed by atoms with Crippen LogP contribution >= 0.6 is 0 Å². The van der Waals surface area contributed by atoms with E-state index < -0.39 is 8.56 Å². The van der Waals surface area contributed by atoms with Gasteiger partial charge in [0.25, 0.3) is 0 Å². The number of rotatable bonds is 4. The van der Waals surface area contributed by atoms with Gasteiger partial charge in [0.05, 0.1) is 0 Å². The summed E-state index contributed by atoms with van der Waals surface area (Å²) in [5.41, 5.74) is 1.25. The first kappa shape index (κ1) is 11.6. The fraction of sp³-hybridized carbons (Fsp3) is 0.400. The number of hydrogen-bond acceptors (Lipinski definition) is 2. The van der Waals surface area contributed by atoms with Crippen LogP contribution in [0.15, 0.2) is 24.3 Å². The summed E-state index contributed by atoms with van der Waals surface area (Å²) >= 11 is 0. The largest absolute Gasteiger partial charge is 0.433 e. The normalized spacial score (nSPS) is 15.1. The molecular formula is C10H16O2Si2. The maximum absolute atomic E-state index is 5.79. The topological polar surface area (TPSA) is 18.5 Å². The smallest absolute Gasteiger partial charge is 0.358 e. The highest BCUT2D eigenvalue weighted by Gasteiger charge is 2.33. The third kappa shape index (κ3) is 2.33. The zero-order valence-electron chi connectivity index (χ0n) is 9.13. The van der Waals surface area contributed by atoms with Gasteiger partial charge < -0.3 is 8.54 Å². The molecular weight excluding hydrogens is 208 g/mol. The monoisotopic (exact) mass is 224 g/mol. The Hall–Kier alpha value is -0.426. The summed E-state index contributed by atoms with van der Waals surface area (Å²) in [4.78, 5) is 0. The van der Waals surface area contributed by atoms with E-state index in [9.17, 15) is 0 Å². The molecule has 1 aromatic carbocycles. The molecule has 0 N–H and O–H groups in total. The van der Waals surface area contributed by atoms with Crippen molar-refractivity contribution >= 4 is 23.5 Å². The van der Waals surface area contributed by atoms with Crippen LogP contribution in [0.4, 0.5) is 0 Å². The Morgan fingerprint density at radius 2 is 1.93 bits per heavy atom. The molecule has 1 atom stereocenters. The number of aryl methyl sites for hydroxylation is 1. The van der Waals surface area contributed by atoms with Gasteiger partial charge in [-0.25, -0.2) is 0 Å². The molecule has 2 radical (unpaired) electrons. The van der Waals surface area contributed by atoms with Crippen molar-refractivity contribution in [3.05, 3.63) is 29.8 Å². The average molecular weight is 224 g/mol. The van der Waals surface area contributed by atoms with Crippen LogP contribution in [-0.2, 0) is 8.54 Å². The lowest BCUT2D eigenvalue weighted by Crippen LogP contribution is -2.51. The zero-order valence-corrected chi connectivity index (χ0v) is 11.1. The van der Waals surface area contributed by atoms with Crippen molar-refractivity contribution in [3.8, 4) is 0 Å². The van der Waals surface area contributed by atoms with Gasteiger partial charge in [0.1, 0.15) is 0 Å². The van der Waals surface area contributed by atoms with E-state index in [0.29, 0.717) is 9.76 Å². The predicted molar refractivity (Wildman–Crippen MR) is 62.1 cm³/mol. The van der Waals surface area contributed by atoms with E-state index in [2.05, 4.69) is 25.6 Å². The van der Waals surface area contributed by atoms with Gasteiger partial charge in [0.15, 0.2) is 0 Å². The van der Waals surface area contributed by atoms with Gasteiger partial charge >= 0.3 is 8.56 Å². The molecule has 0 saturated heterocycles. The standard InChI is InChI=1S/C10H16O2Si2/c1-9-7-5-6-8-10(9)14(4,11-2)12-13-3/h5-8H,1-4H3. The highest BCUT2D eigenvalue weighted by molar-refractivity contribution is 6.83. The Morgan fingerprint density at radius 1 is 1.29 bits per heavy atom. The SMILES string of the molecule is CO[Si](C)(O[Si]C)c1ccccc1C. The summed E-state index contributed by atoms with van der Waals surface area (Å²) in [7, 11) is 0.0778. The molecule has 0 amide bonds. The molecule has 0 aliphatic rings. The second kappa shape index (κ2) is 4.88. The second-order valence-electron chi connectivity index (χ2n) is 3.27. The van der Waals surface area contributed by atoms with Gasteiger partial charge in [-0.05, 0) is 30.8 Å². The summed E-state index contributed by atoms with van der Waals surface area (Å²) in [6, 6.07) is 8.28. The summed E-state index contributed by atoms with van der Waals surface area (Å²) in [5, 5.41) is 1.23. The van der Waals surface area contributed by atoms with Crippen LogP contribution < -0.4 is 5.19 Å². The molecule has 1 aromatic rings. The molecule has 0 heterocycles. The molecule has 0 fully saturated rings. The first-order valence-electron chi connectivity index (χ1n) is 4.60. The van der Waals surface area contributed by atoms with Gasteiger partial charge in [-0.15, -0.1) is 0 Å². The van der Waals surface area contributed by atoms with Gasteiger partial charge in [-0.2, -0.15) is 0 Å². The van der Waals surface area contributed by atoms with Crippen molar-refractivity contribution in [3.63, 3.8) is 0 Å². The van der Waals surface area contributed by atoms with Crippen LogP contribution in [0.5, 0.6) is 0 Å². The van der Waals surface area contributed by atoms with Crippen LogP contribution in [0.1, 0.15) is 5.56 Å². The summed E-state index contributed by atoms with van der Waals surface area (Å²) < 4.78 is 11.4. The molecule has 76 valence electrons. The van der Waals surface area contributed by atoms with E-state index in [1.54, 1.807) is 7.11 Å². The maximum atomic E-state index is 5.79. The average Bonchev–Trinajstić information content (AvgIpc) is 2.18. The minimum absolute atomic E-state index is 0.475. The molecule has 0 aliphatic carbocycles. The molecule has 2 nitrogen and oxygen atoms in total. The first-order valence-corrected chi connectivity index (χ1v) is 8.32. The lowest BCUT2D eigenvalue weighted by Gasteiger charge is -2.26. The highest BCUT2D eigenvalue weighted by Crippen LogP contribution is 2.08. The fourth-order valence-corrected chi connectivity index (χ4v) is 5.23. The van der Waals surface area contributed by atoms with Crippen molar-refractivity contribution < 1.29 is 8.54 Å². The highest BCUT2D eigenvalue weighted by atomic mass is 28.4. The molecule has 0 bridgehead atoms. The van der Waals surface area contributed by atoms with Crippen molar-refractivity contribution in [1.29, 1.82) is 0 Å². The lowest BCUT2D eigenvalue weighted by molar-refractivity contribution is 0.329. The third-order valence-corrected chi connectivity index (χ3v) is 7.01. The Bertz CT molecular complexity index is 304. The zero-order chi connectivity index (χ0) is 10.6. The van der Waals surface area contributed by atoms with Crippen LogP contribution in [0.2, 0.25) is 13.1 Å². The van der Waals surface area contributed by atoms with Crippen LogP contribution in [-0.4, -0.2) is 25.4 Å². The quantitative estimate of drug-likeness (QED) is 0.723. The van der Waals surface area contributed by atoms with Gasteiger partial charge in [0, 0.05) is 7.11 Å². The van der Waals surface area contributed by atoms with E-state index >= 15 is 0 Å². The fourth-order valence-electron chi connectivity index (χ4n) is 1.48. The van der Waals surface area contributed by atoms with Crippen molar-refractivity contribution in [2.24, 2.45) is 0 Å². The Balaban J connectivity index is 3.05. The molecule has 0 aliphatic heterocycles. The molecule has 1 rings (SSSR count). The molecule has 1 unspecified atom stereocenters. The Morgan fingerprint density at radius 3 is 2.43 bits per heavy atom. The second-order valence-corrected chi connectivity index (χ2v) is 7.33. The third-order valence-electron chi connectivity index (χ3n) is 2.32. The lowest BCUT2D eigenvalue weighted by atomic mass is 10.2. The summed E-state index contributed by atoms with van der Waals surface area (Å²) in [6.45, 7) is 6.22. The minimum atomic E-state index is -2.13. The predicted octanol–water partition coefficient (Wildman–Crippen LogP) is 1.60. The van der Waals surface area contributed by atoms with E-state index in [1.165, 1.54) is 10.8 Å². The Kier molecular flexibility index (Phi) is 4.06. The van der Waals surface area contributed by atoms with Gasteiger partial charge in [-0.3, -0.25) is 0 Å². The number of benzene rings is 1. The first-order chi connectivity index (χ1) is 6.64. The molecule has 4 heteroatoms. The van der Waals surface area contributed by atoms with E-state index in [-0.39, 0.29) is 0 Å². The van der Waals surface area contributed by atoms with E-state index in [1.807, 2.05) is 18.7 Å². The number of hydrogen-bond donors (Lipinski definition) is 0. The van der Waals surface area contributed by atoms with E-state index in [4.69, 9.17) is 8.54 Å². The van der Waals surface area contributed by atoms with Crippen molar-refractivity contribution in [1.82, 2.24) is 0 Å².